The lowest BCUT2D eigenvalue weighted by molar-refractivity contribution is 0.285. The van der Waals surface area contributed by atoms with E-state index >= 15 is 0 Å². The van der Waals surface area contributed by atoms with Crippen LogP contribution in [0.2, 0.25) is 0 Å². The highest BCUT2D eigenvalue weighted by Gasteiger charge is 2.79. The average Bonchev–Trinajstić information content (AvgIpc) is 2.91. The van der Waals surface area contributed by atoms with E-state index in [1.807, 2.05) is 0 Å². The topological polar surface area (TPSA) is 0 Å². The van der Waals surface area contributed by atoms with Crippen molar-refractivity contribution in [2.45, 2.75) is 52.9 Å². The molecule has 0 saturated heterocycles. The van der Waals surface area contributed by atoms with E-state index in [0.29, 0.717) is 0 Å². The highest BCUT2D eigenvalue weighted by Crippen LogP contribution is 2.83. The fourth-order valence-electron chi connectivity index (χ4n) is 3.45. The molecular formula is C12H22. The van der Waals surface area contributed by atoms with Crippen molar-refractivity contribution in [1.82, 2.24) is 0 Å². The maximum atomic E-state index is 2.52. The first kappa shape index (κ1) is 8.59. The van der Waals surface area contributed by atoms with Crippen LogP contribution in [0.15, 0.2) is 0 Å². The van der Waals surface area contributed by atoms with Crippen molar-refractivity contribution in [3.05, 3.63) is 0 Å². The Morgan fingerprint density at radius 3 is 2.25 bits per heavy atom. The largest absolute Gasteiger partial charge is 0.0654 e. The first-order chi connectivity index (χ1) is 5.75. The lowest BCUT2D eigenvalue weighted by Crippen LogP contribution is -2.12. The molecule has 0 bridgehead atoms. The van der Waals surface area contributed by atoms with Crippen molar-refractivity contribution in [3.8, 4) is 0 Å². The van der Waals surface area contributed by atoms with Crippen LogP contribution in [0, 0.1) is 23.2 Å². The van der Waals surface area contributed by atoms with Gasteiger partial charge in [-0.2, -0.15) is 0 Å². The summed E-state index contributed by atoms with van der Waals surface area (Å²) in [5.74, 6) is 3.50. The van der Waals surface area contributed by atoms with Gasteiger partial charge in [-0.05, 0) is 29.6 Å². The standard InChI is InChI=1S/C12H22/c1-4-6-8-12(3)10-9(7-5-2)11(10)12/h9-11H,4-8H2,1-3H3. The molecule has 2 atom stereocenters. The van der Waals surface area contributed by atoms with Gasteiger partial charge in [0.2, 0.25) is 0 Å². The van der Waals surface area contributed by atoms with E-state index in [0.717, 1.165) is 11.3 Å². The smallest absolute Gasteiger partial charge is 0.0258 e. The molecule has 0 aromatic carbocycles. The molecule has 0 amide bonds. The highest BCUT2D eigenvalue weighted by molar-refractivity contribution is 5.26. The first-order valence-corrected chi connectivity index (χ1v) is 5.75. The maximum Gasteiger partial charge on any atom is -0.0258 e. The zero-order valence-electron chi connectivity index (χ0n) is 8.77. The SMILES string of the molecule is CCCCC1(C)C2C(CCC)C21. The summed E-state index contributed by atoms with van der Waals surface area (Å²) in [6.07, 6.45) is 7.27. The number of fused-ring (bicyclic) bond motifs is 1. The predicted octanol–water partition coefficient (Wildman–Crippen LogP) is 3.86. The van der Waals surface area contributed by atoms with Crippen molar-refractivity contribution >= 4 is 0 Å². The van der Waals surface area contributed by atoms with E-state index in [4.69, 9.17) is 0 Å². The number of unbranched alkanes of at least 4 members (excludes halogenated alkanes) is 1. The minimum absolute atomic E-state index is 0.829. The molecule has 0 aliphatic heterocycles. The second-order valence-electron chi connectivity index (χ2n) is 5.11. The molecular weight excluding hydrogens is 144 g/mol. The molecule has 0 nitrogen and oxygen atoms in total. The third-order valence-electron chi connectivity index (χ3n) is 4.27. The minimum atomic E-state index is 0.829. The summed E-state index contributed by atoms with van der Waals surface area (Å²) in [6, 6.07) is 0. The van der Waals surface area contributed by atoms with Gasteiger partial charge < -0.3 is 0 Å². The van der Waals surface area contributed by atoms with Gasteiger partial charge in [0.15, 0.2) is 0 Å². The number of hydrogen-bond acceptors (Lipinski definition) is 0. The van der Waals surface area contributed by atoms with Gasteiger partial charge in [0, 0.05) is 0 Å². The summed E-state index contributed by atoms with van der Waals surface area (Å²) in [7, 11) is 0. The number of hydrogen-bond donors (Lipinski definition) is 0. The lowest BCUT2D eigenvalue weighted by Gasteiger charge is -2.21. The molecule has 0 N–H and O–H groups in total. The van der Waals surface area contributed by atoms with Gasteiger partial charge in [-0.3, -0.25) is 0 Å². The molecule has 2 aliphatic rings. The quantitative estimate of drug-likeness (QED) is 0.582. The van der Waals surface area contributed by atoms with Crippen LogP contribution in [0.25, 0.3) is 0 Å². The fourth-order valence-corrected chi connectivity index (χ4v) is 3.45. The molecule has 2 unspecified atom stereocenters. The van der Waals surface area contributed by atoms with Crippen molar-refractivity contribution < 1.29 is 0 Å². The van der Waals surface area contributed by atoms with E-state index in [9.17, 15) is 0 Å². The van der Waals surface area contributed by atoms with Crippen LogP contribution in [-0.4, -0.2) is 0 Å². The molecule has 70 valence electrons. The van der Waals surface area contributed by atoms with Crippen LogP contribution < -0.4 is 0 Å². The van der Waals surface area contributed by atoms with Crippen LogP contribution >= 0.6 is 0 Å². The monoisotopic (exact) mass is 166 g/mol. The summed E-state index contributed by atoms with van der Waals surface area (Å²) < 4.78 is 0. The molecule has 0 spiro atoms. The van der Waals surface area contributed by atoms with Crippen LogP contribution in [0.1, 0.15) is 52.9 Å². The summed E-state index contributed by atoms with van der Waals surface area (Å²) in [4.78, 5) is 0. The molecule has 0 heteroatoms. The Morgan fingerprint density at radius 2 is 1.75 bits per heavy atom. The van der Waals surface area contributed by atoms with Crippen molar-refractivity contribution in [2.24, 2.45) is 23.2 Å². The van der Waals surface area contributed by atoms with E-state index in [1.165, 1.54) is 43.9 Å². The predicted molar refractivity (Wildman–Crippen MR) is 53.0 cm³/mol. The molecule has 2 fully saturated rings. The van der Waals surface area contributed by atoms with E-state index < -0.39 is 0 Å². The lowest BCUT2D eigenvalue weighted by atomic mass is 9.84. The average molecular weight is 166 g/mol. The van der Waals surface area contributed by atoms with Crippen molar-refractivity contribution in [1.29, 1.82) is 0 Å². The molecule has 0 heterocycles. The number of rotatable bonds is 5. The van der Waals surface area contributed by atoms with Gasteiger partial charge in [0.1, 0.15) is 0 Å². The van der Waals surface area contributed by atoms with E-state index in [1.54, 1.807) is 0 Å². The van der Waals surface area contributed by atoms with Gasteiger partial charge in [-0.15, -0.1) is 0 Å². The third-order valence-corrected chi connectivity index (χ3v) is 4.27. The minimum Gasteiger partial charge on any atom is -0.0654 e. The van der Waals surface area contributed by atoms with Crippen LogP contribution in [-0.2, 0) is 0 Å². The summed E-state index contributed by atoms with van der Waals surface area (Å²) >= 11 is 0. The Bertz CT molecular complexity index is 161. The second-order valence-corrected chi connectivity index (χ2v) is 5.11. The second kappa shape index (κ2) is 2.75. The summed E-state index contributed by atoms with van der Waals surface area (Å²) in [5.41, 5.74) is 0.829. The molecule has 0 aromatic heterocycles. The van der Waals surface area contributed by atoms with Crippen molar-refractivity contribution in [3.63, 3.8) is 0 Å². The van der Waals surface area contributed by atoms with Gasteiger partial charge in [0.25, 0.3) is 0 Å². The Labute approximate surface area is 76.7 Å². The van der Waals surface area contributed by atoms with Gasteiger partial charge in [-0.25, -0.2) is 0 Å². The molecule has 2 aliphatic carbocycles. The Kier molecular flexibility index (Phi) is 1.97. The van der Waals surface area contributed by atoms with Crippen molar-refractivity contribution in [2.75, 3.05) is 0 Å². The van der Waals surface area contributed by atoms with E-state index in [-0.39, 0.29) is 0 Å². The normalized spacial score (nSPS) is 48.8. The molecule has 2 rings (SSSR count). The van der Waals surface area contributed by atoms with Crippen LogP contribution in [0.5, 0.6) is 0 Å². The zero-order chi connectivity index (χ0) is 8.77. The Balaban J connectivity index is 1.69. The highest BCUT2D eigenvalue weighted by atomic mass is 14.8. The third kappa shape index (κ3) is 1.03. The maximum absolute atomic E-state index is 2.52. The van der Waals surface area contributed by atoms with Gasteiger partial charge in [0.05, 0.1) is 0 Å². The molecule has 0 radical (unpaired) electrons. The van der Waals surface area contributed by atoms with E-state index in [2.05, 4.69) is 20.8 Å². The molecule has 0 aromatic rings. The zero-order valence-corrected chi connectivity index (χ0v) is 8.77. The van der Waals surface area contributed by atoms with Gasteiger partial charge >= 0.3 is 0 Å². The molecule has 2 saturated carbocycles. The Morgan fingerprint density at radius 1 is 1.08 bits per heavy atom. The summed E-state index contributed by atoms with van der Waals surface area (Å²) in [6.45, 7) is 7.15. The van der Waals surface area contributed by atoms with Gasteiger partial charge in [-0.1, -0.05) is 46.5 Å². The van der Waals surface area contributed by atoms with Crippen LogP contribution in [0.3, 0.4) is 0 Å². The fraction of sp³-hybridized carbons (Fsp3) is 1.00. The Hall–Kier alpha value is 0. The molecule has 12 heavy (non-hydrogen) atoms. The first-order valence-electron chi connectivity index (χ1n) is 5.75. The van der Waals surface area contributed by atoms with Crippen LogP contribution in [0.4, 0.5) is 0 Å². The summed E-state index contributed by atoms with van der Waals surface area (Å²) in [5, 5.41) is 0.